The fourth-order valence-electron chi connectivity index (χ4n) is 3.48. The van der Waals surface area contributed by atoms with E-state index in [4.69, 9.17) is 10.5 Å². The summed E-state index contributed by atoms with van der Waals surface area (Å²) in [6, 6.07) is 4.46. The van der Waals surface area contributed by atoms with Gasteiger partial charge in [0.1, 0.15) is 22.8 Å². The molecule has 0 radical (unpaired) electrons. The average Bonchev–Trinajstić information content (AvgIpc) is 2.94. The lowest BCUT2D eigenvalue weighted by Gasteiger charge is -2.25. The number of fused-ring (bicyclic) bond motifs is 1. The molecular formula is C21H21F2N5O. The lowest BCUT2D eigenvalue weighted by Crippen LogP contribution is -2.36. The number of hydrogen-bond acceptors (Lipinski definition) is 6. The Bertz CT molecular complexity index is 1100. The second kappa shape index (κ2) is 7.71. The summed E-state index contributed by atoms with van der Waals surface area (Å²) < 4.78 is 34.7. The van der Waals surface area contributed by atoms with E-state index in [0.29, 0.717) is 35.4 Å². The summed E-state index contributed by atoms with van der Waals surface area (Å²) in [6.07, 6.45) is 6.30. The van der Waals surface area contributed by atoms with Crippen molar-refractivity contribution in [3.63, 3.8) is 0 Å². The van der Waals surface area contributed by atoms with E-state index in [1.807, 2.05) is 17.1 Å². The lowest BCUT2D eigenvalue weighted by molar-refractivity contribution is 0.381. The van der Waals surface area contributed by atoms with E-state index >= 15 is 4.39 Å². The van der Waals surface area contributed by atoms with Crippen LogP contribution in [0.2, 0.25) is 0 Å². The molecule has 1 atom stereocenters. The largest absolute Gasteiger partial charge is 0.467 e. The first-order chi connectivity index (χ1) is 14.0. The van der Waals surface area contributed by atoms with E-state index < -0.39 is 11.6 Å². The number of aromatic nitrogens is 3. The normalized spacial score (nSPS) is 16.9. The van der Waals surface area contributed by atoms with Crippen LogP contribution in [0.15, 0.2) is 36.5 Å². The van der Waals surface area contributed by atoms with Crippen LogP contribution in [0.5, 0.6) is 6.01 Å². The van der Waals surface area contributed by atoms with Crippen LogP contribution >= 0.6 is 0 Å². The minimum absolute atomic E-state index is 0.0358. The number of halogens is 2. The van der Waals surface area contributed by atoms with Crippen molar-refractivity contribution in [3.8, 4) is 17.3 Å². The smallest absolute Gasteiger partial charge is 0.318 e. The molecule has 2 N–H and O–H groups in total. The van der Waals surface area contributed by atoms with Gasteiger partial charge in [-0.15, -0.1) is 0 Å². The summed E-state index contributed by atoms with van der Waals surface area (Å²) in [6.45, 7) is 2.72. The Morgan fingerprint density at radius 1 is 1.21 bits per heavy atom. The Labute approximate surface area is 167 Å². The Morgan fingerprint density at radius 2 is 2.03 bits per heavy atom. The molecule has 0 saturated carbocycles. The third kappa shape index (κ3) is 3.51. The number of hydrogen-bond donors (Lipinski definition) is 1. The number of pyridine rings is 1. The van der Waals surface area contributed by atoms with Crippen molar-refractivity contribution in [1.29, 1.82) is 0 Å². The Balaban J connectivity index is 1.92. The van der Waals surface area contributed by atoms with Crippen LogP contribution in [0, 0.1) is 18.6 Å². The van der Waals surface area contributed by atoms with E-state index in [2.05, 4.69) is 15.0 Å². The Hall–Kier alpha value is -3.13. The predicted octanol–water partition coefficient (Wildman–Crippen LogP) is 3.38. The molecule has 1 aromatic carbocycles. The van der Waals surface area contributed by atoms with Crippen LogP contribution < -0.4 is 15.4 Å². The SMILES string of the molecule is COc1nc(N2CC=CCC(N)C2)c2cnc(-c3cccc(F)c3C)c(F)c2n1. The predicted molar refractivity (Wildman–Crippen MR) is 108 cm³/mol. The highest BCUT2D eigenvalue weighted by Crippen LogP contribution is 2.33. The van der Waals surface area contributed by atoms with Crippen LogP contribution in [-0.4, -0.2) is 41.2 Å². The molecule has 29 heavy (non-hydrogen) atoms. The minimum atomic E-state index is -0.646. The number of methoxy groups -OCH3 is 1. The second-order valence-electron chi connectivity index (χ2n) is 7.00. The van der Waals surface area contributed by atoms with Crippen LogP contribution in [0.1, 0.15) is 12.0 Å². The zero-order valence-corrected chi connectivity index (χ0v) is 16.2. The first-order valence-electron chi connectivity index (χ1n) is 9.30. The standard InChI is InChI=1S/C21H21F2N5O/c1-12-14(7-5-8-16(12)22)18-17(23)19-15(10-25-18)20(27-21(26-19)29-2)28-9-4-3-6-13(24)11-28/h3-5,7-8,10,13H,6,9,11,24H2,1-2H3. The van der Waals surface area contributed by atoms with Crippen molar-refractivity contribution >= 4 is 16.7 Å². The summed E-state index contributed by atoms with van der Waals surface area (Å²) in [5.74, 6) is -0.564. The van der Waals surface area contributed by atoms with E-state index in [0.717, 1.165) is 6.42 Å². The highest BCUT2D eigenvalue weighted by atomic mass is 19.1. The lowest BCUT2D eigenvalue weighted by atomic mass is 10.0. The fraction of sp³-hybridized carbons (Fsp3) is 0.286. The third-order valence-electron chi connectivity index (χ3n) is 5.03. The maximum Gasteiger partial charge on any atom is 0.318 e. The number of nitrogens with two attached hydrogens (primary N) is 1. The second-order valence-corrected chi connectivity index (χ2v) is 7.00. The van der Waals surface area contributed by atoms with E-state index in [1.165, 1.54) is 25.4 Å². The van der Waals surface area contributed by atoms with Gasteiger partial charge in [0.25, 0.3) is 0 Å². The maximum atomic E-state index is 15.5. The van der Waals surface area contributed by atoms with Gasteiger partial charge in [-0.05, 0) is 25.0 Å². The van der Waals surface area contributed by atoms with Crippen molar-refractivity contribution in [3.05, 3.63) is 53.7 Å². The molecule has 0 saturated heterocycles. The van der Waals surface area contributed by atoms with Crippen molar-refractivity contribution in [1.82, 2.24) is 15.0 Å². The molecule has 3 heterocycles. The summed E-state index contributed by atoms with van der Waals surface area (Å²) in [7, 11) is 1.43. The van der Waals surface area contributed by atoms with Gasteiger partial charge in [-0.2, -0.15) is 9.97 Å². The molecule has 4 rings (SSSR count). The molecule has 1 unspecified atom stereocenters. The molecule has 8 heteroatoms. The number of nitrogens with zero attached hydrogens (tertiary/aromatic N) is 4. The van der Waals surface area contributed by atoms with Crippen molar-refractivity contribution in [2.24, 2.45) is 5.73 Å². The average molecular weight is 397 g/mol. The number of rotatable bonds is 3. The van der Waals surface area contributed by atoms with Crippen LogP contribution in [0.25, 0.3) is 22.2 Å². The van der Waals surface area contributed by atoms with Crippen molar-refractivity contribution in [2.75, 3.05) is 25.1 Å². The van der Waals surface area contributed by atoms with E-state index in [-0.39, 0.29) is 23.3 Å². The summed E-state index contributed by atoms with van der Waals surface area (Å²) in [5, 5.41) is 0.448. The summed E-state index contributed by atoms with van der Waals surface area (Å²) >= 11 is 0. The minimum Gasteiger partial charge on any atom is -0.467 e. The van der Waals surface area contributed by atoms with E-state index in [1.54, 1.807) is 13.0 Å². The fourth-order valence-corrected chi connectivity index (χ4v) is 3.48. The number of benzene rings is 1. The van der Waals surface area contributed by atoms with Gasteiger partial charge < -0.3 is 15.4 Å². The maximum absolute atomic E-state index is 15.5. The van der Waals surface area contributed by atoms with Crippen LogP contribution in [-0.2, 0) is 0 Å². The zero-order valence-electron chi connectivity index (χ0n) is 16.2. The molecule has 6 nitrogen and oxygen atoms in total. The van der Waals surface area contributed by atoms with E-state index in [9.17, 15) is 4.39 Å². The van der Waals surface area contributed by atoms with Gasteiger partial charge >= 0.3 is 6.01 Å². The van der Waals surface area contributed by atoms with Gasteiger partial charge in [-0.3, -0.25) is 4.98 Å². The van der Waals surface area contributed by atoms with Gasteiger partial charge in [0.05, 0.1) is 12.5 Å². The third-order valence-corrected chi connectivity index (χ3v) is 5.03. The topological polar surface area (TPSA) is 77.2 Å². The Morgan fingerprint density at radius 3 is 2.83 bits per heavy atom. The quantitative estimate of drug-likeness (QED) is 0.683. The summed E-state index contributed by atoms with van der Waals surface area (Å²) in [5.41, 5.74) is 6.95. The summed E-state index contributed by atoms with van der Waals surface area (Å²) in [4.78, 5) is 14.9. The highest BCUT2D eigenvalue weighted by Gasteiger charge is 2.23. The molecule has 1 aliphatic heterocycles. The zero-order chi connectivity index (χ0) is 20.5. The molecule has 0 aliphatic carbocycles. The molecule has 2 aromatic heterocycles. The number of ether oxygens (including phenoxy) is 1. The first-order valence-corrected chi connectivity index (χ1v) is 9.30. The first kappa shape index (κ1) is 19.2. The highest BCUT2D eigenvalue weighted by molar-refractivity contribution is 5.92. The van der Waals surface area contributed by atoms with Crippen molar-refractivity contribution < 1.29 is 13.5 Å². The van der Waals surface area contributed by atoms with Gasteiger partial charge in [-0.1, -0.05) is 24.3 Å². The molecule has 0 bridgehead atoms. The van der Waals surface area contributed by atoms with Gasteiger partial charge in [0.15, 0.2) is 5.82 Å². The van der Waals surface area contributed by atoms with Gasteiger partial charge in [-0.25, -0.2) is 8.78 Å². The van der Waals surface area contributed by atoms with Gasteiger partial charge in [0.2, 0.25) is 0 Å². The molecule has 0 spiro atoms. The molecular weight excluding hydrogens is 376 g/mol. The molecule has 0 amide bonds. The van der Waals surface area contributed by atoms with Crippen molar-refractivity contribution in [2.45, 2.75) is 19.4 Å². The Kier molecular flexibility index (Phi) is 5.10. The molecule has 1 aliphatic rings. The molecule has 0 fully saturated rings. The molecule has 3 aromatic rings. The number of anilines is 1. The molecule has 150 valence electrons. The van der Waals surface area contributed by atoms with Gasteiger partial charge in [0, 0.05) is 30.9 Å². The van der Waals surface area contributed by atoms with Crippen LogP contribution in [0.4, 0.5) is 14.6 Å². The monoisotopic (exact) mass is 397 g/mol. The van der Waals surface area contributed by atoms with Crippen LogP contribution in [0.3, 0.4) is 0 Å².